The first kappa shape index (κ1) is 10.3. The van der Waals surface area contributed by atoms with Gasteiger partial charge in [-0.05, 0) is 19.1 Å². The lowest BCUT2D eigenvalue weighted by atomic mass is 10.3. The highest BCUT2D eigenvalue weighted by Crippen LogP contribution is 2.06. The summed E-state index contributed by atoms with van der Waals surface area (Å²) in [6.45, 7) is 4.29. The van der Waals surface area contributed by atoms with Crippen molar-refractivity contribution >= 4 is 11.8 Å². The van der Waals surface area contributed by atoms with Crippen molar-refractivity contribution < 1.29 is 0 Å². The molecule has 62 valence electrons. The smallest absolute Gasteiger partial charge is 0.0101 e. The van der Waals surface area contributed by atoms with Gasteiger partial charge < -0.3 is 5.73 Å². The highest BCUT2D eigenvalue weighted by molar-refractivity contribution is 7.99. The van der Waals surface area contributed by atoms with Crippen LogP contribution in [-0.2, 0) is 0 Å². The zero-order valence-electron chi connectivity index (χ0n) is 7.10. The molecule has 1 atom stereocenters. The normalized spacial score (nSPS) is 13.5. The average Bonchev–Trinajstić information content (AvgIpc) is 1.87. The summed E-state index contributed by atoms with van der Waals surface area (Å²) in [7, 11) is 0. The number of hydrogen-bond acceptors (Lipinski definition) is 2. The van der Waals surface area contributed by atoms with E-state index in [1.165, 1.54) is 25.0 Å². The molecule has 0 aromatic rings. The van der Waals surface area contributed by atoms with Gasteiger partial charge in [-0.25, -0.2) is 0 Å². The summed E-state index contributed by atoms with van der Waals surface area (Å²) < 4.78 is 0. The molecular formula is C8H19NS. The molecule has 0 amide bonds. The second kappa shape index (κ2) is 7.42. The SMILES string of the molecule is CCCCCSC[C@H](C)N. The van der Waals surface area contributed by atoms with Crippen LogP contribution in [0.2, 0.25) is 0 Å². The zero-order valence-corrected chi connectivity index (χ0v) is 7.91. The molecule has 0 aromatic heterocycles. The van der Waals surface area contributed by atoms with Gasteiger partial charge in [0.2, 0.25) is 0 Å². The van der Waals surface area contributed by atoms with E-state index in [0.29, 0.717) is 6.04 Å². The van der Waals surface area contributed by atoms with Crippen LogP contribution in [0.15, 0.2) is 0 Å². The van der Waals surface area contributed by atoms with Crippen LogP contribution in [0.3, 0.4) is 0 Å². The van der Waals surface area contributed by atoms with Gasteiger partial charge in [0.15, 0.2) is 0 Å². The molecule has 0 unspecified atom stereocenters. The maximum Gasteiger partial charge on any atom is 0.0101 e. The van der Waals surface area contributed by atoms with Gasteiger partial charge in [-0.1, -0.05) is 19.8 Å². The molecule has 0 heterocycles. The third-order valence-electron chi connectivity index (χ3n) is 1.27. The Morgan fingerprint density at radius 3 is 2.60 bits per heavy atom. The summed E-state index contributed by atoms with van der Waals surface area (Å²) in [6, 6.07) is 0.367. The Hall–Kier alpha value is 0.310. The van der Waals surface area contributed by atoms with Gasteiger partial charge in [-0.2, -0.15) is 11.8 Å². The van der Waals surface area contributed by atoms with E-state index in [0.717, 1.165) is 5.75 Å². The molecule has 0 aromatic carbocycles. The second-order valence-electron chi connectivity index (χ2n) is 2.76. The van der Waals surface area contributed by atoms with Gasteiger partial charge in [0.05, 0.1) is 0 Å². The van der Waals surface area contributed by atoms with Gasteiger partial charge in [-0.15, -0.1) is 0 Å². The van der Waals surface area contributed by atoms with Gasteiger partial charge in [-0.3, -0.25) is 0 Å². The predicted octanol–water partition coefficient (Wildman–Crippen LogP) is 2.26. The Balaban J connectivity index is 2.77. The lowest BCUT2D eigenvalue weighted by Gasteiger charge is -2.03. The van der Waals surface area contributed by atoms with Crippen LogP contribution in [0.1, 0.15) is 33.1 Å². The topological polar surface area (TPSA) is 26.0 Å². The van der Waals surface area contributed by atoms with Crippen LogP contribution in [0.4, 0.5) is 0 Å². The minimum atomic E-state index is 0.367. The quantitative estimate of drug-likeness (QED) is 0.605. The molecule has 0 saturated carbocycles. The largest absolute Gasteiger partial charge is 0.327 e. The summed E-state index contributed by atoms with van der Waals surface area (Å²) in [4.78, 5) is 0. The molecule has 0 bridgehead atoms. The molecule has 0 aliphatic rings. The van der Waals surface area contributed by atoms with Crippen molar-refractivity contribution in [1.29, 1.82) is 0 Å². The molecule has 1 nitrogen and oxygen atoms in total. The average molecular weight is 161 g/mol. The van der Waals surface area contributed by atoms with Crippen molar-refractivity contribution in [3.63, 3.8) is 0 Å². The molecule has 2 heteroatoms. The van der Waals surface area contributed by atoms with E-state index in [1.807, 2.05) is 11.8 Å². The fourth-order valence-corrected chi connectivity index (χ4v) is 1.67. The van der Waals surface area contributed by atoms with Crippen LogP contribution < -0.4 is 5.73 Å². The monoisotopic (exact) mass is 161 g/mol. The Kier molecular flexibility index (Phi) is 7.65. The summed E-state index contributed by atoms with van der Waals surface area (Å²) in [5, 5.41) is 0. The number of rotatable bonds is 6. The number of nitrogens with two attached hydrogens (primary N) is 1. The van der Waals surface area contributed by atoms with Crippen molar-refractivity contribution in [3.05, 3.63) is 0 Å². The van der Waals surface area contributed by atoms with E-state index in [9.17, 15) is 0 Å². The molecule has 10 heavy (non-hydrogen) atoms. The van der Waals surface area contributed by atoms with Gasteiger partial charge in [0.25, 0.3) is 0 Å². The fourth-order valence-electron chi connectivity index (χ4n) is 0.723. The van der Waals surface area contributed by atoms with Gasteiger partial charge >= 0.3 is 0 Å². The van der Waals surface area contributed by atoms with E-state index < -0.39 is 0 Å². The Bertz CT molecular complexity index is 64.3. The molecule has 0 aliphatic heterocycles. The maximum atomic E-state index is 5.59. The van der Waals surface area contributed by atoms with E-state index in [4.69, 9.17) is 5.73 Å². The first-order valence-electron chi connectivity index (χ1n) is 4.10. The van der Waals surface area contributed by atoms with Crippen LogP contribution in [0.25, 0.3) is 0 Å². The Morgan fingerprint density at radius 1 is 1.40 bits per heavy atom. The van der Waals surface area contributed by atoms with Crippen molar-refractivity contribution in [3.8, 4) is 0 Å². The van der Waals surface area contributed by atoms with Gasteiger partial charge in [0, 0.05) is 11.8 Å². The highest BCUT2D eigenvalue weighted by Gasteiger charge is 1.92. The lowest BCUT2D eigenvalue weighted by molar-refractivity contribution is 0.776. The summed E-state index contributed by atoms with van der Waals surface area (Å²) in [5.41, 5.74) is 5.59. The summed E-state index contributed by atoms with van der Waals surface area (Å²) >= 11 is 1.98. The minimum absolute atomic E-state index is 0.367. The molecule has 0 fully saturated rings. The molecule has 0 radical (unpaired) electrons. The molecule has 0 rings (SSSR count). The van der Waals surface area contributed by atoms with Crippen molar-refractivity contribution in [2.45, 2.75) is 39.2 Å². The summed E-state index contributed by atoms with van der Waals surface area (Å²) in [5.74, 6) is 2.40. The Labute approximate surface area is 68.8 Å². The maximum absolute atomic E-state index is 5.59. The number of thioether (sulfide) groups is 1. The highest BCUT2D eigenvalue weighted by atomic mass is 32.2. The lowest BCUT2D eigenvalue weighted by Crippen LogP contribution is -2.17. The molecule has 0 saturated heterocycles. The van der Waals surface area contributed by atoms with Crippen molar-refractivity contribution in [2.75, 3.05) is 11.5 Å². The zero-order chi connectivity index (χ0) is 7.82. The van der Waals surface area contributed by atoms with Crippen molar-refractivity contribution in [2.24, 2.45) is 5.73 Å². The molecule has 0 spiro atoms. The van der Waals surface area contributed by atoms with E-state index in [-0.39, 0.29) is 0 Å². The Morgan fingerprint density at radius 2 is 2.10 bits per heavy atom. The third kappa shape index (κ3) is 8.31. The fraction of sp³-hybridized carbons (Fsp3) is 1.00. The van der Waals surface area contributed by atoms with Crippen LogP contribution >= 0.6 is 11.8 Å². The minimum Gasteiger partial charge on any atom is -0.327 e. The number of hydrogen-bond donors (Lipinski definition) is 1. The second-order valence-corrected chi connectivity index (χ2v) is 3.91. The van der Waals surface area contributed by atoms with Gasteiger partial charge in [0.1, 0.15) is 0 Å². The molecular weight excluding hydrogens is 142 g/mol. The van der Waals surface area contributed by atoms with E-state index >= 15 is 0 Å². The van der Waals surface area contributed by atoms with Crippen LogP contribution in [0, 0.1) is 0 Å². The van der Waals surface area contributed by atoms with Crippen molar-refractivity contribution in [1.82, 2.24) is 0 Å². The van der Waals surface area contributed by atoms with E-state index in [1.54, 1.807) is 0 Å². The first-order valence-corrected chi connectivity index (χ1v) is 5.26. The predicted molar refractivity (Wildman–Crippen MR) is 50.5 cm³/mol. The third-order valence-corrected chi connectivity index (χ3v) is 2.61. The first-order chi connectivity index (χ1) is 4.77. The van der Waals surface area contributed by atoms with E-state index in [2.05, 4.69) is 13.8 Å². The standard InChI is InChI=1S/C8H19NS/c1-3-4-5-6-10-7-8(2)9/h8H,3-7,9H2,1-2H3/t8-/m0/s1. The summed E-state index contributed by atoms with van der Waals surface area (Å²) in [6.07, 6.45) is 4.04. The molecule has 2 N–H and O–H groups in total. The van der Waals surface area contributed by atoms with Crippen LogP contribution in [-0.4, -0.2) is 17.5 Å². The number of unbranched alkanes of at least 4 members (excludes halogenated alkanes) is 2. The molecule has 0 aliphatic carbocycles. The van der Waals surface area contributed by atoms with Crippen LogP contribution in [0.5, 0.6) is 0 Å².